The molecular weight excluding hydrogens is 261 g/mol. The summed E-state index contributed by atoms with van der Waals surface area (Å²) in [7, 11) is 0. The minimum Gasteiger partial charge on any atom is -0.368 e. The number of amides is 1. The number of benzene rings is 1. The van der Waals surface area contributed by atoms with Crippen LogP contribution in [-0.2, 0) is 11.0 Å². The summed E-state index contributed by atoms with van der Waals surface area (Å²) in [5.41, 5.74) is 3.80. The molecule has 1 aromatic rings. The summed E-state index contributed by atoms with van der Waals surface area (Å²) in [4.78, 5) is 22.6. The molecule has 0 unspecified atom stereocenters. The lowest BCUT2D eigenvalue weighted by molar-refractivity contribution is -0.137. The number of carbonyl (C=O) groups is 2. The third kappa shape index (κ3) is 3.70. The Balaban J connectivity index is 3.32. The van der Waals surface area contributed by atoms with Crippen LogP contribution in [0.3, 0.4) is 0 Å². The van der Waals surface area contributed by atoms with Gasteiger partial charge in [0.25, 0.3) is 0 Å². The second kappa shape index (κ2) is 5.73. The van der Waals surface area contributed by atoms with Crippen molar-refractivity contribution in [3.63, 3.8) is 0 Å². The van der Waals surface area contributed by atoms with Gasteiger partial charge in [-0.2, -0.15) is 13.2 Å². The topological polar surface area (TPSA) is 63.4 Å². The SMILES string of the molecule is CCN(CC(N)=O)c1ccc(C=O)cc1C(F)(F)F. The average Bonchev–Trinajstić information content (AvgIpc) is 2.34. The van der Waals surface area contributed by atoms with Crippen LogP contribution in [0.15, 0.2) is 18.2 Å². The Labute approximate surface area is 108 Å². The summed E-state index contributed by atoms with van der Waals surface area (Å²) in [6.45, 7) is 1.48. The number of alkyl halides is 3. The third-order valence-electron chi connectivity index (χ3n) is 2.53. The molecule has 0 fully saturated rings. The number of nitrogens with zero attached hydrogens (tertiary/aromatic N) is 1. The second-order valence-corrected chi connectivity index (χ2v) is 3.87. The molecule has 0 saturated carbocycles. The highest BCUT2D eigenvalue weighted by Gasteiger charge is 2.35. The van der Waals surface area contributed by atoms with Crippen molar-refractivity contribution in [2.75, 3.05) is 18.0 Å². The van der Waals surface area contributed by atoms with Gasteiger partial charge in [0.2, 0.25) is 5.91 Å². The van der Waals surface area contributed by atoms with Crippen LogP contribution >= 0.6 is 0 Å². The molecule has 0 aliphatic carbocycles. The predicted molar refractivity (Wildman–Crippen MR) is 63.9 cm³/mol. The lowest BCUT2D eigenvalue weighted by Crippen LogP contribution is -2.34. The zero-order valence-corrected chi connectivity index (χ0v) is 10.2. The molecule has 104 valence electrons. The van der Waals surface area contributed by atoms with Gasteiger partial charge in [-0.3, -0.25) is 9.59 Å². The van der Waals surface area contributed by atoms with Crippen molar-refractivity contribution in [2.45, 2.75) is 13.1 Å². The maximum Gasteiger partial charge on any atom is 0.418 e. The maximum absolute atomic E-state index is 12.9. The van der Waals surface area contributed by atoms with E-state index in [0.29, 0.717) is 6.29 Å². The summed E-state index contributed by atoms with van der Waals surface area (Å²) in [5, 5.41) is 0. The van der Waals surface area contributed by atoms with E-state index in [2.05, 4.69) is 0 Å². The monoisotopic (exact) mass is 274 g/mol. The van der Waals surface area contributed by atoms with Crippen LogP contribution in [-0.4, -0.2) is 25.3 Å². The maximum atomic E-state index is 12.9. The van der Waals surface area contributed by atoms with E-state index in [4.69, 9.17) is 5.73 Å². The summed E-state index contributed by atoms with van der Waals surface area (Å²) >= 11 is 0. The largest absolute Gasteiger partial charge is 0.418 e. The lowest BCUT2D eigenvalue weighted by atomic mass is 10.1. The molecular formula is C12H13F3N2O2. The van der Waals surface area contributed by atoms with Gasteiger partial charge in [0, 0.05) is 17.8 Å². The van der Waals surface area contributed by atoms with E-state index < -0.39 is 17.6 Å². The van der Waals surface area contributed by atoms with Crippen molar-refractivity contribution < 1.29 is 22.8 Å². The lowest BCUT2D eigenvalue weighted by Gasteiger charge is -2.25. The highest BCUT2D eigenvalue weighted by molar-refractivity contribution is 5.81. The molecule has 4 nitrogen and oxygen atoms in total. The Bertz CT molecular complexity index is 486. The van der Waals surface area contributed by atoms with Gasteiger partial charge < -0.3 is 10.6 Å². The van der Waals surface area contributed by atoms with Gasteiger partial charge >= 0.3 is 6.18 Å². The van der Waals surface area contributed by atoms with Crippen LogP contribution in [0.1, 0.15) is 22.8 Å². The summed E-state index contributed by atoms with van der Waals surface area (Å²) in [6, 6.07) is 3.19. The molecule has 0 aliphatic heterocycles. The number of hydrogen-bond donors (Lipinski definition) is 1. The van der Waals surface area contributed by atoms with E-state index in [-0.39, 0.29) is 24.3 Å². The fourth-order valence-electron chi connectivity index (χ4n) is 1.69. The van der Waals surface area contributed by atoms with Crippen LogP contribution in [0.5, 0.6) is 0 Å². The third-order valence-corrected chi connectivity index (χ3v) is 2.53. The van der Waals surface area contributed by atoms with Crippen LogP contribution in [0.25, 0.3) is 0 Å². The van der Waals surface area contributed by atoms with E-state index in [9.17, 15) is 22.8 Å². The van der Waals surface area contributed by atoms with E-state index in [0.717, 1.165) is 6.07 Å². The Morgan fingerprint density at radius 3 is 2.47 bits per heavy atom. The Hall–Kier alpha value is -2.05. The number of carbonyl (C=O) groups excluding carboxylic acids is 2. The number of likely N-dealkylation sites (N-methyl/N-ethyl adjacent to an activating group) is 1. The van der Waals surface area contributed by atoms with Gasteiger partial charge in [-0.05, 0) is 25.1 Å². The molecule has 0 aromatic heterocycles. The molecule has 2 N–H and O–H groups in total. The minimum atomic E-state index is -4.61. The van der Waals surface area contributed by atoms with E-state index >= 15 is 0 Å². The van der Waals surface area contributed by atoms with Gasteiger partial charge in [-0.1, -0.05) is 0 Å². The molecule has 0 aliphatic rings. The first kappa shape index (κ1) is 15.0. The second-order valence-electron chi connectivity index (χ2n) is 3.87. The van der Waals surface area contributed by atoms with Crippen molar-refractivity contribution in [3.05, 3.63) is 29.3 Å². The standard InChI is InChI=1S/C12H13F3N2O2/c1-2-17(6-11(16)19)10-4-3-8(7-18)5-9(10)12(13,14)15/h3-5,7H,2,6H2,1H3,(H2,16,19). The van der Waals surface area contributed by atoms with Crippen molar-refractivity contribution >= 4 is 17.9 Å². The zero-order chi connectivity index (χ0) is 14.6. The first-order valence-electron chi connectivity index (χ1n) is 5.49. The van der Waals surface area contributed by atoms with Crippen LogP contribution in [0, 0.1) is 0 Å². The minimum absolute atomic E-state index is 0.0776. The molecule has 1 amide bonds. The summed E-state index contributed by atoms with van der Waals surface area (Å²) in [6.07, 6.45) is -4.27. The van der Waals surface area contributed by atoms with Crippen LogP contribution < -0.4 is 10.6 Å². The predicted octanol–water partition coefficient (Wildman–Crippen LogP) is 1.83. The Kier molecular flexibility index (Phi) is 4.52. The van der Waals surface area contributed by atoms with Gasteiger partial charge in [0.1, 0.15) is 6.29 Å². The number of rotatable bonds is 5. The molecule has 7 heteroatoms. The van der Waals surface area contributed by atoms with Gasteiger partial charge in [0.05, 0.1) is 12.1 Å². The quantitative estimate of drug-likeness (QED) is 0.833. The Morgan fingerprint density at radius 2 is 2.05 bits per heavy atom. The van der Waals surface area contributed by atoms with Gasteiger partial charge in [-0.15, -0.1) is 0 Å². The van der Waals surface area contributed by atoms with E-state index in [1.807, 2.05) is 0 Å². The van der Waals surface area contributed by atoms with Crippen molar-refractivity contribution in [1.29, 1.82) is 0 Å². The molecule has 1 rings (SSSR count). The van der Waals surface area contributed by atoms with E-state index in [1.165, 1.54) is 17.0 Å². The molecule has 0 heterocycles. The summed E-state index contributed by atoms with van der Waals surface area (Å²) < 4.78 is 38.8. The normalized spacial score (nSPS) is 11.2. The first-order chi connectivity index (χ1) is 8.79. The number of hydrogen-bond acceptors (Lipinski definition) is 3. The molecule has 0 spiro atoms. The van der Waals surface area contributed by atoms with Crippen LogP contribution in [0.2, 0.25) is 0 Å². The number of halogens is 3. The number of nitrogens with two attached hydrogens (primary N) is 1. The average molecular weight is 274 g/mol. The van der Waals surface area contributed by atoms with Crippen LogP contribution in [0.4, 0.5) is 18.9 Å². The highest BCUT2D eigenvalue weighted by atomic mass is 19.4. The molecule has 0 radical (unpaired) electrons. The number of aldehydes is 1. The number of anilines is 1. The van der Waals surface area contributed by atoms with Crippen molar-refractivity contribution in [2.24, 2.45) is 5.73 Å². The summed E-state index contributed by atoms with van der Waals surface area (Å²) in [5.74, 6) is -0.727. The number of primary amides is 1. The van der Waals surface area contributed by atoms with Gasteiger partial charge in [-0.25, -0.2) is 0 Å². The molecule has 0 saturated heterocycles. The molecule has 0 bridgehead atoms. The molecule has 1 aromatic carbocycles. The van der Waals surface area contributed by atoms with E-state index in [1.54, 1.807) is 6.92 Å². The molecule has 0 atom stereocenters. The highest BCUT2D eigenvalue weighted by Crippen LogP contribution is 2.37. The van der Waals surface area contributed by atoms with Crippen molar-refractivity contribution in [1.82, 2.24) is 0 Å². The smallest absolute Gasteiger partial charge is 0.368 e. The van der Waals surface area contributed by atoms with Crippen molar-refractivity contribution in [3.8, 4) is 0 Å². The first-order valence-corrected chi connectivity index (χ1v) is 5.49. The molecule has 19 heavy (non-hydrogen) atoms. The zero-order valence-electron chi connectivity index (χ0n) is 10.2. The Morgan fingerprint density at radius 1 is 1.42 bits per heavy atom. The van der Waals surface area contributed by atoms with Gasteiger partial charge in [0.15, 0.2) is 0 Å². The fourth-order valence-corrected chi connectivity index (χ4v) is 1.69. The fraction of sp³-hybridized carbons (Fsp3) is 0.333.